The van der Waals surface area contributed by atoms with E-state index in [4.69, 9.17) is 10.5 Å². The zero-order chi connectivity index (χ0) is 9.14. The van der Waals surface area contributed by atoms with Gasteiger partial charge < -0.3 is 5.32 Å². The highest BCUT2D eigenvalue weighted by molar-refractivity contribution is 7.17. The Kier molecular flexibility index (Phi) is 2.32. The molecule has 0 saturated heterocycles. The molecule has 60 valence electrons. The minimum atomic E-state index is 0.582. The lowest BCUT2D eigenvalue weighted by Gasteiger charge is -1.92. The van der Waals surface area contributed by atoms with Crippen LogP contribution >= 0.6 is 11.3 Å². The third-order valence-electron chi connectivity index (χ3n) is 1.59. The van der Waals surface area contributed by atoms with E-state index in [1.54, 1.807) is 14.0 Å². The molecule has 0 aromatic carbocycles. The van der Waals surface area contributed by atoms with Gasteiger partial charge in [0.2, 0.25) is 0 Å². The third kappa shape index (κ3) is 1.13. The van der Waals surface area contributed by atoms with E-state index < -0.39 is 0 Å². The summed E-state index contributed by atoms with van der Waals surface area (Å²) in [5.74, 6) is 0. The van der Waals surface area contributed by atoms with Crippen LogP contribution in [0.4, 0.5) is 5.00 Å². The first-order chi connectivity index (χ1) is 5.74. The van der Waals surface area contributed by atoms with Crippen LogP contribution in [0.3, 0.4) is 0 Å². The first-order valence-electron chi connectivity index (χ1n) is 3.36. The van der Waals surface area contributed by atoms with Crippen LogP contribution in [-0.4, -0.2) is 7.05 Å². The van der Waals surface area contributed by atoms with Crippen molar-refractivity contribution < 1.29 is 0 Å². The average molecular weight is 177 g/mol. The number of hydrogen-bond acceptors (Lipinski definition) is 4. The summed E-state index contributed by atoms with van der Waals surface area (Å²) >= 11 is 1.32. The molecule has 0 spiro atoms. The number of nitriles is 2. The van der Waals surface area contributed by atoms with Crippen molar-refractivity contribution in [2.45, 2.75) is 6.92 Å². The summed E-state index contributed by atoms with van der Waals surface area (Å²) in [4.78, 5) is 0.607. The number of rotatable bonds is 1. The maximum absolute atomic E-state index is 8.75. The maximum Gasteiger partial charge on any atom is 0.111 e. The zero-order valence-electron chi connectivity index (χ0n) is 6.80. The molecule has 12 heavy (non-hydrogen) atoms. The number of thiophene rings is 1. The van der Waals surface area contributed by atoms with Gasteiger partial charge in [-0.2, -0.15) is 10.5 Å². The van der Waals surface area contributed by atoms with Gasteiger partial charge in [-0.15, -0.1) is 11.3 Å². The molecule has 1 aromatic rings. The molecule has 0 fully saturated rings. The van der Waals surface area contributed by atoms with Gasteiger partial charge in [0.1, 0.15) is 22.0 Å². The van der Waals surface area contributed by atoms with Crippen LogP contribution < -0.4 is 5.32 Å². The summed E-state index contributed by atoms with van der Waals surface area (Å²) in [6, 6.07) is 4.12. The predicted octanol–water partition coefficient (Wildman–Crippen LogP) is 1.84. The zero-order valence-corrected chi connectivity index (χ0v) is 7.62. The van der Waals surface area contributed by atoms with Gasteiger partial charge >= 0.3 is 0 Å². The van der Waals surface area contributed by atoms with E-state index >= 15 is 0 Å². The van der Waals surface area contributed by atoms with Crippen molar-refractivity contribution in [1.82, 2.24) is 0 Å². The van der Waals surface area contributed by atoms with E-state index in [9.17, 15) is 0 Å². The summed E-state index contributed by atoms with van der Waals surface area (Å²) in [6.45, 7) is 1.79. The Morgan fingerprint density at radius 3 is 2.33 bits per heavy atom. The van der Waals surface area contributed by atoms with Crippen molar-refractivity contribution in [3.8, 4) is 12.1 Å². The van der Waals surface area contributed by atoms with E-state index in [1.807, 2.05) is 0 Å². The van der Waals surface area contributed by atoms with E-state index in [0.29, 0.717) is 10.4 Å². The predicted molar refractivity (Wildman–Crippen MR) is 48.0 cm³/mol. The van der Waals surface area contributed by atoms with Crippen LogP contribution in [0, 0.1) is 29.6 Å². The Hall–Kier alpha value is -1.52. The fourth-order valence-electron chi connectivity index (χ4n) is 0.931. The third-order valence-corrected chi connectivity index (χ3v) is 2.80. The number of anilines is 1. The largest absolute Gasteiger partial charge is 0.379 e. The molecular weight excluding hydrogens is 170 g/mol. The standard InChI is InChI=1S/C8H7N3S/c1-5-6(3-9)8(11-2)12-7(5)4-10/h11H,1-2H3. The second-order valence-corrected chi connectivity index (χ2v) is 3.25. The Morgan fingerprint density at radius 2 is 2.00 bits per heavy atom. The van der Waals surface area contributed by atoms with Crippen LogP contribution in [0.2, 0.25) is 0 Å². The van der Waals surface area contributed by atoms with E-state index in [-0.39, 0.29) is 0 Å². The van der Waals surface area contributed by atoms with Gasteiger partial charge in [0.25, 0.3) is 0 Å². The normalized spacial score (nSPS) is 8.67. The second kappa shape index (κ2) is 3.25. The van der Waals surface area contributed by atoms with Gasteiger partial charge in [0.15, 0.2) is 0 Å². The molecule has 1 aromatic heterocycles. The van der Waals surface area contributed by atoms with Crippen LogP contribution in [0.15, 0.2) is 0 Å². The lowest BCUT2D eigenvalue weighted by molar-refractivity contribution is 1.40. The van der Waals surface area contributed by atoms with Crippen molar-refractivity contribution in [1.29, 1.82) is 10.5 Å². The smallest absolute Gasteiger partial charge is 0.111 e. The first-order valence-corrected chi connectivity index (χ1v) is 4.17. The van der Waals surface area contributed by atoms with Gasteiger partial charge in [0, 0.05) is 7.05 Å². The highest BCUT2D eigenvalue weighted by Gasteiger charge is 2.12. The number of nitrogens with one attached hydrogen (secondary N) is 1. The molecule has 0 saturated carbocycles. The molecule has 0 amide bonds. The summed E-state index contributed by atoms with van der Waals surface area (Å²) in [7, 11) is 1.74. The minimum Gasteiger partial charge on any atom is -0.379 e. The monoisotopic (exact) mass is 177 g/mol. The average Bonchev–Trinajstić information content (AvgIpc) is 2.41. The summed E-state index contributed by atoms with van der Waals surface area (Å²) < 4.78 is 0. The first kappa shape index (κ1) is 8.58. The van der Waals surface area contributed by atoms with Gasteiger partial charge in [0.05, 0.1) is 5.56 Å². The van der Waals surface area contributed by atoms with Crippen molar-refractivity contribution >= 4 is 16.3 Å². The van der Waals surface area contributed by atoms with Crippen molar-refractivity contribution in [2.75, 3.05) is 12.4 Å². The molecule has 0 bridgehead atoms. The Bertz CT molecular complexity index is 378. The Morgan fingerprint density at radius 1 is 1.33 bits per heavy atom. The Labute approximate surface area is 74.9 Å². The van der Waals surface area contributed by atoms with Crippen molar-refractivity contribution in [3.05, 3.63) is 16.0 Å². The number of hydrogen-bond donors (Lipinski definition) is 1. The van der Waals surface area contributed by atoms with Crippen LogP contribution in [0.25, 0.3) is 0 Å². The molecule has 0 aliphatic rings. The van der Waals surface area contributed by atoms with E-state index in [0.717, 1.165) is 10.6 Å². The lowest BCUT2D eigenvalue weighted by Crippen LogP contribution is -1.86. The molecule has 0 atom stereocenters. The highest BCUT2D eigenvalue weighted by Crippen LogP contribution is 2.30. The van der Waals surface area contributed by atoms with Gasteiger partial charge in [-0.3, -0.25) is 0 Å². The van der Waals surface area contributed by atoms with Crippen LogP contribution in [-0.2, 0) is 0 Å². The van der Waals surface area contributed by atoms with E-state index in [2.05, 4.69) is 17.5 Å². The molecule has 3 nitrogen and oxygen atoms in total. The molecule has 0 aliphatic carbocycles. The molecule has 4 heteroatoms. The maximum atomic E-state index is 8.75. The second-order valence-electron chi connectivity index (χ2n) is 2.23. The van der Waals surface area contributed by atoms with E-state index in [1.165, 1.54) is 11.3 Å². The molecule has 1 heterocycles. The molecular formula is C8H7N3S. The van der Waals surface area contributed by atoms with Crippen molar-refractivity contribution in [3.63, 3.8) is 0 Å². The van der Waals surface area contributed by atoms with Gasteiger partial charge in [-0.05, 0) is 12.5 Å². The van der Waals surface area contributed by atoms with Gasteiger partial charge in [-0.25, -0.2) is 0 Å². The quantitative estimate of drug-likeness (QED) is 0.712. The summed E-state index contributed by atoms with van der Waals surface area (Å²) in [5, 5.41) is 21.1. The lowest BCUT2D eigenvalue weighted by atomic mass is 10.2. The fraction of sp³-hybridized carbons (Fsp3) is 0.250. The SMILES string of the molecule is CNc1sc(C#N)c(C)c1C#N. The highest BCUT2D eigenvalue weighted by atomic mass is 32.1. The topological polar surface area (TPSA) is 59.6 Å². The molecule has 0 aliphatic heterocycles. The van der Waals surface area contributed by atoms with Crippen LogP contribution in [0.1, 0.15) is 16.0 Å². The molecule has 1 N–H and O–H groups in total. The summed E-state index contributed by atoms with van der Waals surface area (Å²) in [5.41, 5.74) is 1.36. The van der Waals surface area contributed by atoms with Gasteiger partial charge in [-0.1, -0.05) is 0 Å². The molecule has 0 unspecified atom stereocenters. The molecule has 1 rings (SSSR count). The molecule has 0 radical (unpaired) electrons. The van der Waals surface area contributed by atoms with Crippen molar-refractivity contribution in [2.24, 2.45) is 0 Å². The number of nitrogens with zero attached hydrogens (tertiary/aromatic N) is 2. The Balaban J connectivity index is 3.37. The summed E-state index contributed by atoms with van der Waals surface area (Å²) in [6.07, 6.45) is 0. The van der Waals surface area contributed by atoms with Crippen LogP contribution in [0.5, 0.6) is 0 Å². The minimum absolute atomic E-state index is 0.582. The fourth-order valence-corrected chi connectivity index (χ4v) is 1.84.